The molecule has 2 aromatic heterocycles. The van der Waals surface area contributed by atoms with Gasteiger partial charge in [-0.25, -0.2) is 13.8 Å². The molecule has 0 atom stereocenters. The van der Waals surface area contributed by atoms with Crippen molar-refractivity contribution in [2.75, 3.05) is 0 Å². The van der Waals surface area contributed by atoms with E-state index in [1.807, 2.05) is 23.5 Å². The van der Waals surface area contributed by atoms with Crippen molar-refractivity contribution in [3.05, 3.63) is 145 Å². The third kappa shape index (κ3) is 4.30. The van der Waals surface area contributed by atoms with E-state index in [1.165, 1.54) is 32.7 Å². The maximum Gasteiger partial charge on any atom is 0.273 e. The lowest BCUT2D eigenvalue weighted by Crippen LogP contribution is -2.11. The van der Waals surface area contributed by atoms with Gasteiger partial charge >= 0.3 is 0 Å². The fourth-order valence-electron chi connectivity index (χ4n) is 7.02. The summed E-state index contributed by atoms with van der Waals surface area (Å²) in [6.45, 7) is 1.51. The zero-order valence-corrected chi connectivity index (χ0v) is 26.4. The summed E-state index contributed by atoms with van der Waals surface area (Å²) < 4.78 is 34.0. The summed E-state index contributed by atoms with van der Waals surface area (Å²) in [6, 6.07) is 47.1. The SMILES string of the molecule is CCC(F)(F)c1ccc(-n2c(-c3ccc(-c4cccc5sc6ccccc6c45)cc3)nc3c4ccccc4c4ccccc4c32)cc1. The lowest BCUT2D eigenvalue weighted by molar-refractivity contribution is -0.00828. The molecule has 226 valence electrons. The van der Waals surface area contributed by atoms with E-state index in [0.29, 0.717) is 0 Å². The van der Waals surface area contributed by atoms with Crippen molar-refractivity contribution < 1.29 is 8.78 Å². The van der Waals surface area contributed by atoms with Gasteiger partial charge in [0.1, 0.15) is 5.82 Å². The molecule has 0 fully saturated rings. The molecule has 0 bridgehead atoms. The van der Waals surface area contributed by atoms with Gasteiger partial charge in [0.2, 0.25) is 0 Å². The fourth-order valence-corrected chi connectivity index (χ4v) is 8.16. The van der Waals surface area contributed by atoms with Crippen molar-refractivity contribution in [2.24, 2.45) is 0 Å². The summed E-state index contributed by atoms with van der Waals surface area (Å²) in [7, 11) is 0. The van der Waals surface area contributed by atoms with E-state index >= 15 is 0 Å². The van der Waals surface area contributed by atoms with Crippen LogP contribution >= 0.6 is 11.3 Å². The molecular formula is C42H28F2N2S. The lowest BCUT2D eigenvalue weighted by atomic mass is 9.98. The van der Waals surface area contributed by atoms with E-state index in [-0.39, 0.29) is 12.0 Å². The number of fused-ring (bicyclic) bond motifs is 9. The molecule has 9 aromatic rings. The van der Waals surface area contributed by atoms with Crippen molar-refractivity contribution in [1.82, 2.24) is 9.55 Å². The van der Waals surface area contributed by atoms with Crippen molar-refractivity contribution in [3.8, 4) is 28.2 Å². The van der Waals surface area contributed by atoms with Crippen LogP contribution in [0.25, 0.3) is 81.0 Å². The standard InChI is InChI=1S/C42H28F2N2S/c1-2-42(43,44)28-22-24-29(25-23-28)46-40-34-13-6-4-11-32(34)31-10-3-5-12-33(31)39(40)45-41(46)27-20-18-26(19-21-27)30-15-9-17-37-38(30)35-14-7-8-16-36(35)47-37/h3-25H,2H2,1H3. The minimum Gasteiger partial charge on any atom is -0.292 e. The van der Waals surface area contributed by atoms with Crippen molar-refractivity contribution >= 4 is 64.1 Å². The smallest absolute Gasteiger partial charge is 0.273 e. The number of nitrogens with zero attached hydrogens (tertiary/aromatic N) is 2. The summed E-state index contributed by atoms with van der Waals surface area (Å²) in [5, 5.41) is 6.93. The first-order valence-corrected chi connectivity index (χ1v) is 16.7. The number of alkyl halides is 2. The van der Waals surface area contributed by atoms with E-state index in [4.69, 9.17) is 4.98 Å². The number of halogens is 2. The van der Waals surface area contributed by atoms with Crippen LogP contribution in [0.15, 0.2) is 140 Å². The molecule has 0 unspecified atom stereocenters. The number of rotatable bonds is 5. The Bertz CT molecular complexity index is 2630. The first-order chi connectivity index (χ1) is 23.0. The van der Waals surface area contributed by atoms with Crippen LogP contribution in [0.4, 0.5) is 8.78 Å². The maximum absolute atomic E-state index is 14.7. The van der Waals surface area contributed by atoms with Crippen molar-refractivity contribution in [1.29, 1.82) is 0 Å². The Balaban J connectivity index is 1.29. The summed E-state index contributed by atoms with van der Waals surface area (Å²) >= 11 is 1.82. The van der Waals surface area contributed by atoms with Crippen molar-refractivity contribution in [2.45, 2.75) is 19.3 Å². The Morgan fingerprint density at radius 2 is 1.19 bits per heavy atom. The molecule has 0 saturated heterocycles. The van der Waals surface area contributed by atoms with E-state index in [2.05, 4.69) is 108 Å². The average molecular weight is 631 g/mol. The molecule has 0 aliphatic carbocycles. The van der Waals surface area contributed by atoms with Crippen LogP contribution in [0.3, 0.4) is 0 Å². The molecule has 2 nitrogen and oxygen atoms in total. The highest BCUT2D eigenvalue weighted by Gasteiger charge is 2.29. The van der Waals surface area contributed by atoms with Crippen LogP contribution in [0.5, 0.6) is 0 Å². The molecule has 0 amide bonds. The quantitative estimate of drug-likeness (QED) is 0.173. The molecule has 9 rings (SSSR count). The van der Waals surface area contributed by atoms with Crippen LogP contribution in [-0.2, 0) is 5.92 Å². The third-order valence-electron chi connectivity index (χ3n) is 9.38. The second-order valence-corrected chi connectivity index (χ2v) is 13.1. The summed E-state index contributed by atoms with van der Waals surface area (Å²) in [5.74, 6) is -2.12. The molecule has 0 aliphatic heterocycles. The number of thiophene rings is 1. The number of benzene rings is 7. The minimum absolute atomic E-state index is 0.0181. The van der Waals surface area contributed by atoms with Gasteiger partial charge in [-0.2, -0.15) is 0 Å². The molecule has 47 heavy (non-hydrogen) atoms. The minimum atomic E-state index is -2.88. The normalized spacial score (nSPS) is 12.2. The highest BCUT2D eigenvalue weighted by molar-refractivity contribution is 7.25. The first kappa shape index (κ1) is 27.9. The summed E-state index contributed by atoms with van der Waals surface area (Å²) in [6.07, 6.45) is -0.247. The highest BCUT2D eigenvalue weighted by atomic mass is 32.1. The number of imidazole rings is 1. The Morgan fingerprint density at radius 1 is 0.596 bits per heavy atom. The average Bonchev–Trinajstić information content (AvgIpc) is 3.72. The van der Waals surface area contributed by atoms with Crippen molar-refractivity contribution in [3.63, 3.8) is 0 Å². The van der Waals surface area contributed by atoms with Crippen LogP contribution in [0.1, 0.15) is 18.9 Å². The van der Waals surface area contributed by atoms with Crippen LogP contribution < -0.4 is 0 Å². The molecule has 0 saturated carbocycles. The predicted octanol–water partition coefficient (Wildman–Crippen LogP) is 12.5. The van der Waals surface area contributed by atoms with Gasteiger partial charge in [-0.05, 0) is 46.2 Å². The van der Waals surface area contributed by atoms with Gasteiger partial charge in [0.25, 0.3) is 5.92 Å². The van der Waals surface area contributed by atoms with Gasteiger partial charge in [0.15, 0.2) is 0 Å². The second kappa shape index (κ2) is 10.6. The van der Waals surface area contributed by atoms with Gasteiger partial charge < -0.3 is 0 Å². The topological polar surface area (TPSA) is 17.8 Å². The maximum atomic E-state index is 14.7. The molecular weight excluding hydrogens is 603 g/mol. The molecule has 7 aromatic carbocycles. The molecule has 0 radical (unpaired) electrons. The van der Waals surface area contributed by atoms with E-state index in [0.717, 1.165) is 55.2 Å². The van der Waals surface area contributed by atoms with Crippen LogP contribution in [0, 0.1) is 0 Å². The Labute approximate surface area is 274 Å². The van der Waals surface area contributed by atoms with Gasteiger partial charge in [-0.1, -0.05) is 122 Å². The zero-order valence-electron chi connectivity index (χ0n) is 25.5. The highest BCUT2D eigenvalue weighted by Crippen LogP contribution is 2.42. The number of hydrogen-bond donors (Lipinski definition) is 0. The Hall–Kier alpha value is -5.39. The predicted molar refractivity (Wildman–Crippen MR) is 194 cm³/mol. The van der Waals surface area contributed by atoms with E-state index in [9.17, 15) is 8.78 Å². The van der Waals surface area contributed by atoms with Crippen LogP contribution in [-0.4, -0.2) is 9.55 Å². The molecule has 0 spiro atoms. The van der Waals surface area contributed by atoms with Crippen LogP contribution in [0.2, 0.25) is 0 Å². The molecule has 0 N–H and O–H groups in total. The Kier molecular flexibility index (Phi) is 6.28. The second-order valence-electron chi connectivity index (χ2n) is 12.0. The van der Waals surface area contributed by atoms with Gasteiger partial charge in [-0.15, -0.1) is 11.3 Å². The summed E-state index contributed by atoms with van der Waals surface area (Å²) in [4.78, 5) is 5.33. The van der Waals surface area contributed by atoms with E-state index < -0.39 is 5.92 Å². The number of hydrogen-bond acceptors (Lipinski definition) is 2. The summed E-state index contributed by atoms with van der Waals surface area (Å²) in [5.41, 5.74) is 5.93. The third-order valence-corrected chi connectivity index (χ3v) is 10.5. The zero-order chi connectivity index (χ0) is 31.7. The van der Waals surface area contributed by atoms with Gasteiger partial charge in [-0.3, -0.25) is 4.57 Å². The number of aromatic nitrogens is 2. The largest absolute Gasteiger partial charge is 0.292 e. The molecule has 0 aliphatic rings. The molecule has 5 heteroatoms. The monoisotopic (exact) mass is 630 g/mol. The molecule has 2 heterocycles. The Morgan fingerprint density at radius 3 is 1.91 bits per heavy atom. The van der Waals surface area contributed by atoms with E-state index in [1.54, 1.807) is 24.3 Å². The fraction of sp³-hybridized carbons (Fsp3) is 0.0714. The first-order valence-electron chi connectivity index (χ1n) is 15.8. The lowest BCUT2D eigenvalue weighted by Gasteiger charge is -2.16. The van der Waals surface area contributed by atoms with Gasteiger partial charge in [0, 0.05) is 54.2 Å². The van der Waals surface area contributed by atoms with Gasteiger partial charge in [0.05, 0.1) is 11.0 Å².